The highest BCUT2D eigenvalue weighted by Gasteiger charge is 2.34. The van der Waals surface area contributed by atoms with Crippen LogP contribution in [0.25, 0.3) is 0 Å². The highest BCUT2D eigenvalue weighted by atomic mass is 16.6. The first kappa shape index (κ1) is 24.4. The van der Waals surface area contributed by atoms with Gasteiger partial charge in [-0.15, -0.1) is 0 Å². The minimum absolute atomic E-state index is 0.128. The molecule has 8 nitrogen and oxygen atoms in total. The van der Waals surface area contributed by atoms with Gasteiger partial charge in [-0.05, 0) is 53.6 Å². The summed E-state index contributed by atoms with van der Waals surface area (Å²) in [4.78, 5) is 36.0. The number of esters is 3. The first-order chi connectivity index (χ1) is 18.7. The molecule has 0 saturated carbocycles. The molecule has 0 fully saturated rings. The average molecular weight is 523 g/mol. The standard InChI is InChI=1S/C31H22O8/c1-31(2,17-9-13-19(14-10-17)36-23-7-3-5-21-25(23)29(34)38-27(21)32)18-11-15-20(16-12-18)37-24-8-4-6-22-26(24)30(35)39-28(22)33/h3-16,27,32H,1-2H3. The predicted octanol–water partition coefficient (Wildman–Crippen LogP) is 6.07. The van der Waals surface area contributed by atoms with Gasteiger partial charge in [0, 0.05) is 11.0 Å². The van der Waals surface area contributed by atoms with Gasteiger partial charge in [0.15, 0.2) is 0 Å². The first-order valence-corrected chi connectivity index (χ1v) is 12.2. The summed E-state index contributed by atoms with van der Waals surface area (Å²) in [6.45, 7) is 4.18. The van der Waals surface area contributed by atoms with E-state index in [0.717, 1.165) is 11.1 Å². The third kappa shape index (κ3) is 4.20. The Hall–Kier alpha value is -4.95. The van der Waals surface area contributed by atoms with Gasteiger partial charge in [-0.2, -0.15) is 0 Å². The summed E-state index contributed by atoms with van der Waals surface area (Å²) in [5.41, 5.74) is 2.60. The molecule has 0 radical (unpaired) electrons. The molecule has 6 rings (SSSR count). The molecule has 2 aliphatic heterocycles. The molecule has 0 aliphatic carbocycles. The monoisotopic (exact) mass is 522 g/mol. The fraction of sp³-hybridized carbons (Fsp3) is 0.129. The number of hydrogen-bond donors (Lipinski definition) is 1. The van der Waals surface area contributed by atoms with Crippen LogP contribution in [0.15, 0.2) is 84.9 Å². The number of cyclic esters (lactones) is 3. The molecule has 1 N–H and O–H groups in total. The van der Waals surface area contributed by atoms with Crippen molar-refractivity contribution in [2.45, 2.75) is 25.6 Å². The molecule has 2 aliphatic rings. The van der Waals surface area contributed by atoms with Crippen LogP contribution in [0.3, 0.4) is 0 Å². The van der Waals surface area contributed by atoms with E-state index in [4.69, 9.17) is 18.9 Å². The van der Waals surface area contributed by atoms with Crippen molar-refractivity contribution in [3.63, 3.8) is 0 Å². The van der Waals surface area contributed by atoms with Gasteiger partial charge in [0.2, 0.25) is 6.29 Å². The Balaban J connectivity index is 1.19. The number of benzene rings is 4. The van der Waals surface area contributed by atoms with Gasteiger partial charge in [-0.1, -0.05) is 56.3 Å². The van der Waals surface area contributed by atoms with Gasteiger partial charge in [-0.25, -0.2) is 14.4 Å². The predicted molar refractivity (Wildman–Crippen MR) is 138 cm³/mol. The van der Waals surface area contributed by atoms with Gasteiger partial charge >= 0.3 is 17.9 Å². The summed E-state index contributed by atoms with van der Waals surface area (Å²) in [6, 6.07) is 24.8. The average Bonchev–Trinajstić information content (AvgIpc) is 3.39. The zero-order chi connectivity index (χ0) is 27.3. The Kier molecular flexibility index (Phi) is 5.70. The van der Waals surface area contributed by atoms with Crippen LogP contribution in [0.1, 0.15) is 67.9 Å². The lowest BCUT2D eigenvalue weighted by molar-refractivity contribution is -0.0548. The second-order valence-electron chi connectivity index (χ2n) is 9.71. The van der Waals surface area contributed by atoms with Gasteiger partial charge in [0.05, 0.1) is 5.56 Å². The maximum absolute atomic E-state index is 12.1. The van der Waals surface area contributed by atoms with Gasteiger partial charge in [0.1, 0.15) is 34.1 Å². The van der Waals surface area contributed by atoms with E-state index < -0.39 is 24.2 Å². The molecular weight excluding hydrogens is 500 g/mol. The molecule has 0 saturated heterocycles. The second-order valence-corrected chi connectivity index (χ2v) is 9.71. The Bertz CT molecular complexity index is 1630. The molecule has 194 valence electrons. The first-order valence-electron chi connectivity index (χ1n) is 12.2. The van der Waals surface area contributed by atoms with Gasteiger partial charge < -0.3 is 24.1 Å². The molecule has 4 aromatic carbocycles. The highest BCUT2D eigenvalue weighted by molar-refractivity contribution is 6.16. The van der Waals surface area contributed by atoms with Crippen LogP contribution in [-0.2, 0) is 14.9 Å². The molecule has 0 spiro atoms. The zero-order valence-electron chi connectivity index (χ0n) is 21.0. The topological polar surface area (TPSA) is 108 Å². The van der Waals surface area contributed by atoms with Crippen molar-refractivity contribution in [3.05, 3.63) is 118 Å². The van der Waals surface area contributed by atoms with E-state index in [2.05, 4.69) is 13.8 Å². The number of ether oxygens (including phenoxy) is 4. The highest BCUT2D eigenvalue weighted by Crippen LogP contribution is 2.39. The van der Waals surface area contributed by atoms with E-state index in [1.54, 1.807) is 42.5 Å². The molecule has 1 atom stereocenters. The summed E-state index contributed by atoms with van der Waals surface area (Å²) < 4.78 is 21.4. The smallest absolute Gasteiger partial charge is 0.350 e. The molecule has 0 bridgehead atoms. The maximum atomic E-state index is 12.1. The lowest BCUT2D eigenvalue weighted by atomic mass is 9.78. The van der Waals surface area contributed by atoms with Crippen molar-refractivity contribution in [1.29, 1.82) is 0 Å². The van der Waals surface area contributed by atoms with Crippen molar-refractivity contribution in [2.75, 3.05) is 0 Å². The minimum atomic E-state index is -1.29. The molecule has 1 unspecified atom stereocenters. The van der Waals surface area contributed by atoms with Crippen LogP contribution >= 0.6 is 0 Å². The van der Waals surface area contributed by atoms with Crippen LogP contribution in [-0.4, -0.2) is 23.0 Å². The van der Waals surface area contributed by atoms with Crippen LogP contribution in [0.2, 0.25) is 0 Å². The largest absolute Gasteiger partial charge is 0.456 e. The normalized spacial score (nSPS) is 15.9. The van der Waals surface area contributed by atoms with Gasteiger partial charge in [0.25, 0.3) is 0 Å². The Morgan fingerprint density at radius 2 is 1.21 bits per heavy atom. The van der Waals surface area contributed by atoms with Crippen molar-refractivity contribution < 1.29 is 38.4 Å². The van der Waals surface area contributed by atoms with Gasteiger partial charge in [-0.3, -0.25) is 0 Å². The van der Waals surface area contributed by atoms with E-state index >= 15 is 0 Å². The second kappa shape index (κ2) is 9.11. The SMILES string of the molecule is CC(C)(c1ccc(Oc2cccc3c2C(=O)OC3=O)cc1)c1ccc(Oc2cccc3c2C(=O)OC3O)cc1. The number of rotatable bonds is 6. The summed E-state index contributed by atoms with van der Waals surface area (Å²) >= 11 is 0. The lowest BCUT2D eigenvalue weighted by Gasteiger charge is -2.26. The van der Waals surface area contributed by atoms with Crippen LogP contribution < -0.4 is 9.47 Å². The van der Waals surface area contributed by atoms with E-state index in [9.17, 15) is 19.5 Å². The number of carbonyl (C=O) groups is 3. The quantitative estimate of drug-likeness (QED) is 0.240. The Morgan fingerprint density at radius 1 is 0.667 bits per heavy atom. The fourth-order valence-corrected chi connectivity index (χ4v) is 4.77. The van der Waals surface area contributed by atoms with E-state index in [0.29, 0.717) is 22.8 Å². The number of aliphatic hydroxyl groups is 1. The zero-order valence-corrected chi connectivity index (χ0v) is 21.0. The molecule has 39 heavy (non-hydrogen) atoms. The molecule has 0 aromatic heterocycles. The third-order valence-corrected chi connectivity index (χ3v) is 6.99. The summed E-state index contributed by atoms with van der Waals surface area (Å²) in [6.07, 6.45) is -1.29. The van der Waals surface area contributed by atoms with E-state index in [1.165, 1.54) is 6.07 Å². The van der Waals surface area contributed by atoms with E-state index in [1.807, 2.05) is 36.4 Å². The molecule has 2 heterocycles. The van der Waals surface area contributed by atoms with Crippen LogP contribution in [0.4, 0.5) is 0 Å². The Morgan fingerprint density at radius 3 is 1.79 bits per heavy atom. The summed E-state index contributed by atoms with van der Waals surface area (Å²) in [5.74, 6) is -0.390. The lowest BCUT2D eigenvalue weighted by Crippen LogP contribution is -2.18. The van der Waals surface area contributed by atoms with Crippen LogP contribution in [0.5, 0.6) is 23.0 Å². The molecule has 0 amide bonds. The number of fused-ring (bicyclic) bond motifs is 2. The van der Waals surface area contributed by atoms with Crippen LogP contribution in [0, 0.1) is 0 Å². The Labute approximate surface area is 223 Å². The van der Waals surface area contributed by atoms with Crippen molar-refractivity contribution >= 4 is 17.9 Å². The minimum Gasteiger partial charge on any atom is -0.456 e. The number of hydrogen-bond acceptors (Lipinski definition) is 8. The summed E-state index contributed by atoms with van der Waals surface area (Å²) in [5, 5.41) is 9.89. The van der Waals surface area contributed by atoms with Crippen molar-refractivity contribution in [3.8, 4) is 23.0 Å². The van der Waals surface area contributed by atoms with Crippen molar-refractivity contribution in [1.82, 2.24) is 0 Å². The number of carbonyl (C=O) groups excluding carboxylic acids is 3. The van der Waals surface area contributed by atoms with Crippen molar-refractivity contribution in [2.24, 2.45) is 0 Å². The molecular formula is C31H22O8. The fourth-order valence-electron chi connectivity index (χ4n) is 4.77. The third-order valence-electron chi connectivity index (χ3n) is 6.99. The maximum Gasteiger partial charge on any atom is 0.350 e. The van der Waals surface area contributed by atoms with E-state index in [-0.39, 0.29) is 27.9 Å². The molecule has 4 aromatic rings. The summed E-state index contributed by atoms with van der Waals surface area (Å²) in [7, 11) is 0. The number of aliphatic hydroxyl groups excluding tert-OH is 1. The molecule has 8 heteroatoms.